The van der Waals surface area contributed by atoms with Gasteiger partial charge < -0.3 is 0 Å². The van der Waals surface area contributed by atoms with Crippen molar-refractivity contribution < 1.29 is 8.42 Å². The SMILES string of the molecule is CC(C)(C)c1cc(-n2ccc(=O)[nH]c2=O)cc(/C=C/c2ccc(NS(C)(=O)=O)cc2)c1Cl. The maximum Gasteiger partial charge on any atom is 0.332 e. The van der Waals surface area contributed by atoms with Crippen molar-refractivity contribution in [3.8, 4) is 5.69 Å². The van der Waals surface area contributed by atoms with Crippen LogP contribution in [0.3, 0.4) is 0 Å². The van der Waals surface area contributed by atoms with E-state index in [2.05, 4.69) is 9.71 Å². The van der Waals surface area contributed by atoms with Gasteiger partial charge in [-0.25, -0.2) is 13.2 Å². The predicted molar refractivity (Wildman–Crippen MR) is 130 cm³/mol. The van der Waals surface area contributed by atoms with Crippen LogP contribution in [0.4, 0.5) is 5.69 Å². The van der Waals surface area contributed by atoms with Gasteiger partial charge in [0, 0.05) is 18.0 Å². The summed E-state index contributed by atoms with van der Waals surface area (Å²) in [4.78, 5) is 26.0. The number of hydrogen-bond acceptors (Lipinski definition) is 4. The van der Waals surface area contributed by atoms with Crippen molar-refractivity contribution in [3.63, 3.8) is 0 Å². The molecule has 0 unspecified atom stereocenters. The molecular weight excluding hydrogens is 450 g/mol. The van der Waals surface area contributed by atoms with E-state index in [1.54, 1.807) is 30.3 Å². The van der Waals surface area contributed by atoms with Gasteiger partial charge in [0.2, 0.25) is 10.0 Å². The van der Waals surface area contributed by atoms with Gasteiger partial charge >= 0.3 is 5.69 Å². The van der Waals surface area contributed by atoms with Gasteiger partial charge in [-0.2, -0.15) is 0 Å². The third kappa shape index (κ3) is 5.77. The lowest BCUT2D eigenvalue weighted by molar-refractivity contribution is 0.589. The van der Waals surface area contributed by atoms with E-state index >= 15 is 0 Å². The molecule has 32 heavy (non-hydrogen) atoms. The molecular formula is C23H24ClN3O4S. The number of aromatic nitrogens is 2. The monoisotopic (exact) mass is 473 g/mol. The first-order valence-corrected chi connectivity index (χ1v) is 12.0. The summed E-state index contributed by atoms with van der Waals surface area (Å²) in [5.41, 5.74) is 2.14. The maximum atomic E-state index is 12.3. The molecule has 0 saturated heterocycles. The molecule has 168 valence electrons. The fourth-order valence-corrected chi connectivity index (χ4v) is 4.14. The summed E-state index contributed by atoms with van der Waals surface area (Å²) >= 11 is 6.71. The first kappa shape index (κ1) is 23.6. The lowest BCUT2D eigenvalue weighted by Gasteiger charge is -2.23. The molecule has 2 aromatic carbocycles. The molecule has 2 N–H and O–H groups in total. The Morgan fingerprint density at radius 3 is 2.25 bits per heavy atom. The molecule has 0 atom stereocenters. The van der Waals surface area contributed by atoms with Gasteiger partial charge in [-0.05, 0) is 46.4 Å². The molecule has 0 bridgehead atoms. The number of nitrogens with one attached hydrogen (secondary N) is 2. The fraction of sp³-hybridized carbons (Fsp3) is 0.217. The lowest BCUT2D eigenvalue weighted by Crippen LogP contribution is -2.27. The lowest BCUT2D eigenvalue weighted by atomic mass is 9.85. The second-order valence-electron chi connectivity index (χ2n) is 8.46. The number of aromatic amines is 1. The predicted octanol–water partition coefficient (Wildman–Crippen LogP) is 4.02. The molecule has 0 aliphatic rings. The zero-order valence-corrected chi connectivity index (χ0v) is 19.7. The van der Waals surface area contributed by atoms with E-state index in [-0.39, 0.29) is 5.41 Å². The molecule has 3 rings (SSSR count). The van der Waals surface area contributed by atoms with Gasteiger partial charge in [0.05, 0.1) is 17.0 Å². The Morgan fingerprint density at radius 2 is 1.69 bits per heavy atom. The molecule has 0 aliphatic carbocycles. The molecule has 7 nitrogen and oxygen atoms in total. The van der Waals surface area contributed by atoms with Crippen LogP contribution in [0.15, 0.2) is 58.3 Å². The second-order valence-corrected chi connectivity index (χ2v) is 10.6. The van der Waals surface area contributed by atoms with Gasteiger partial charge in [0.1, 0.15) is 0 Å². The Balaban J connectivity index is 2.05. The topological polar surface area (TPSA) is 101 Å². The number of nitrogens with zero attached hydrogens (tertiary/aromatic N) is 1. The van der Waals surface area contributed by atoms with Crippen molar-refractivity contribution in [3.05, 3.63) is 91.2 Å². The molecule has 0 saturated carbocycles. The van der Waals surface area contributed by atoms with E-state index in [1.807, 2.05) is 39.0 Å². The van der Waals surface area contributed by atoms with Crippen LogP contribution < -0.4 is 16.0 Å². The standard InChI is InChI=1S/C23H24ClN3O4S/c1-23(2,3)19-14-18(27-12-11-20(28)25-22(27)29)13-16(21(19)24)8-5-15-6-9-17(10-7-15)26-32(4,30)31/h5-14,26H,1-4H3,(H,25,28,29)/b8-5+. The second kappa shape index (κ2) is 8.80. The molecule has 1 heterocycles. The average molecular weight is 474 g/mol. The van der Waals surface area contributed by atoms with Crippen molar-refractivity contribution in [2.24, 2.45) is 0 Å². The minimum atomic E-state index is -3.34. The smallest absolute Gasteiger partial charge is 0.284 e. The van der Waals surface area contributed by atoms with Gasteiger partial charge in [-0.3, -0.25) is 19.1 Å². The zero-order chi connectivity index (χ0) is 23.7. The molecule has 0 amide bonds. The van der Waals surface area contributed by atoms with Crippen LogP contribution in [0.2, 0.25) is 5.02 Å². The summed E-state index contributed by atoms with van der Waals surface area (Å²) < 4.78 is 26.5. The summed E-state index contributed by atoms with van der Waals surface area (Å²) in [7, 11) is -3.34. The molecule has 3 aromatic rings. The number of hydrogen-bond donors (Lipinski definition) is 2. The van der Waals surface area contributed by atoms with Crippen molar-refractivity contribution in [2.75, 3.05) is 11.0 Å². The highest BCUT2D eigenvalue weighted by atomic mass is 35.5. The summed E-state index contributed by atoms with van der Waals surface area (Å²) in [6.07, 6.45) is 6.20. The third-order valence-corrected chi connectivity index (χ3v) is 5.69. The van der Waals surface area contributed by atoms with Crippen LogP contribution in [-0.2, 0) is 15.4 Å². The summed E-state index contributed by atoms with van der Waals surface area (Å²) in [6, 6.07) is 11.8. The molecule has 1 aromatic heterocycles. The van der Waals surface area contributed by atoms with Crippen LogP contribution in [0.5, 0.6) is 0 Å². The average Bonchev–Trinajstić information content (AvgIpc) is 2.66. The van der Waals surface area contributed by atoms with E-state index in [0.717, 1.165) is 17.4 Å². The number of rotatable bonds is 5. The van der Waals surface area contributed by atoms with Crippen LogP contribution in [0.1, 0.15) is 37.5 Å². The Bertz CT molecular complexity index is 1400. The van der Waals surface area contributed by atoms with Crippen LogP contribution >= 0.6 is 11.6 Å². The Morgan fingerprint density at radius 1 is 1.03 bits per heavy atom. The number of halogens is 1. The van der Waals surface area contributed by atoms with E-state index in [4.69, 9.17) is 11.6 Å². The van der Waals surface area contributed by atoms with Crippen molar-refractivity contribution in [1.29, 1.82) is 0 Å². The molecule has 0 aliphatic heterocycles. The minimum absolute atomic E-state index is 0.291. The molecule has 0 radical (unpaired) electrons. The summed E-state index contributed by atoms with van der Waals surface area (Å²) in [5.74, 6) is 0. The number of anilines is 1. The highest BCUT2D eigenvalue weighted by Gasteiger charge is 2.20. The van der Waals surface area contributed by atoms with E-state index in [0.29, 0.717) is 22.0 Å². The van der Waals surface area contributed by atoms with Gasteiger partial charge in [0.15, 0.2) is 0 Å². The molecule has 0 fully saturated rings. The Hall–Kier alpha value is -3.10. The third-order valence-electron chi connectivity index (χ3n) is 4.66. The summed E-state index contributed by atoms with van der Waals surface area (Å²) in [6.45, 7) is 6.07. The maximum absolute atomic E-state index is 12.3. The Labute approximate surface area is 191 Å². The van der Waals surface area contributed by atoms with E-state index < -0.39 is 21.3 Å². The normalized spacial score (nSPS) is 12.3. The molecule has 0 spiro atoms. The largest absolute Gasteiger partial charge is 0.332 e. The van der Waals surface area contributed by atoms with E-state index in [9.17, 15) is 18.0 Å². The fourth-order valence-electron chi connectivity index (χ4n) is 3.12. The number of H-pyrrole nitrogens is 1. The Kier molecular flexibility index (Phi) is 6.48. The number of benzene rings is 2. The number of sulfonamides is 1. The van der Waals surface area contributed by atoms with Crippen LogP contribution in [-0.4, -0.2) is 24.2 Å². The van der Waals surface area contributed by atoms with Gasteiger partial charge in [-0.15, -0.1) is 0 Å². The van der Waals surface area contributed by atoms with Gasteiger partial charge in [-0.1, -0.05) is 56.7 Å². The first-order valence-electron chi connectivity index (χ1n) is 9.76. The highest BCUT2D eigenvalue weighted by molar-refractivity contribution is 7.92. The van der Waals surface area contributed by atoms with Crippen molar-refractivity contribution in [1.82, 2.24) is 9.55 Å². The summed E-state index contributed by atoms with van der Waals surface area (Å²) in [5, 5.41) is 0.560. The van der Waals surface area contributed by atoms with E-state index in [1.165, 1.54) is 16.8 Å². The van der Waals surface area contributed by atoms with Crippen molar-refractivity contribution >= 4 is 39.5 Å². The zero-order valence-electron chi connectivity index (χ0n) is 18.1. The van der Waals surface area contributed by atoms with Crippen molar-refractivity contribution in [2.45, 2.75) is 26.2 Å². The van der Waals surface area contributed by atoms with Crippen LogP contribution in [0, 0.1) is 0 Å². The van der Waals surface area contributed by atoms with Gasteiger partial charge in [0.25, 0.3) is 5.56 Å². The highest BCUT2D eigenvalue weighted by Crippen LogP contribution is 2.35. The first-order chi connectivity index (χ1) is 14.8. The van der Waals surface area contributed by atoms with Crippen LogP contribution in [0.25, 0.3) is 17.8 Å². The molecule has 9 heteroatoms. The quantitative estimate of drug-likeness (QED) is 0.546. The minimum Gasteiger partial charge on any atom is -0.284 e.